The first-order valence-electron chi connectivity index (χ1n) is 8.41. The van der Waals surface area contributed by atoms with Crippen molar-refractivity contribution >= 4 is 5.91 Å². The summed E-state index contributed by atoms with van der Waals surface area (Å²) in [7, 11) is 0. The van der Waals surface area contributed by atoms with Gasteiger partial charge in [0.25, 0.3) is 5.91 Å². The zero-order valence-electron chi connectivity index (χ0n) is 13.4. The monoisotopic (exact) mass is 345 g/mol. The number of nitrogens with one attached hydrogen (secondary N) is 1. The van der Waals surface area contributed by atoms with Gasteiger partial charge in [-0.2, -0.15) is 13.2 Å². The summed E-state index contributed by atoms with van der Waals surface area (Å²) >= 11 is 0. The van der Waals surface area contributed by atoms with Crippen molar-refractivity contribution in [3.05, 3.63) is 11.9 Å². The number of halogens is 3. The third-order valence-corrected chi connectivity index (χ3v) is 4.54. The largest absolute Gasteiger partial charge is 0.390 e. The first-order chi connectivity index (χ1) is 11.4. The van der Waals surface area contributed by atoms with Gasteiger partial charge in [-0.25, -0.2) is 4.68 Å². The van der Waals surface area contributed by atoms with Gasteiger partial charge in [-0.3, -0.25) is 4.79 Å². The highest BCUT2D eigenvalue weighted by atomic mass is 19.4. The molecule has 9 heteroatoms. The van der Waals surface area contributed by atoms with E-state index in [1.807, 2.05) is 0 Å². The van der Waals surface area contributed by atoms with Crippen LogP contribution in [-0.2, 0) is 0 Å². The van der Waals surface area contributed by atoms with Crippen LogP contribution in [0.15, 0.2) is 6.20 Å². The molecule has 2 fully saturated rings. The normalized spacial score (nSPS) is 19.5. The summed E-state index contributed by atoms with van der Waals surface area (Å²) < 4.78 is 39.2. The second-order valence-electron chi connectivity index (χ2n) is 6.62. The summed E-state index contributed by atoms with van der Waals surface area (Å²) in [5.41, 5.74) is 0.136. The van der Waals surface area contributed by atoms with Crippen LogP contribution in [0, 0.1) is 5.92 Å². The number of nitrogens with zero attached hydrogens (tertiary/aromatic N) is 4. The predicted molar refractivity (Wildman–Crippen MR) is 80.5 cm³/mol. The Bertz CT molecular complexity index is 564. The second kappa shape index (κ2) is 7.08. The zero-order chi connectivity index (χ0) is 17.2. The maximum absolute atomic E-state index is 12.6. The van der Waals surface area contributed by atoms with E-state index >= 15 is 0 Å². The highest BCUT2D eigenvalue weighted by molar-refractivity contribution is 5.91. The van der Waals surface area contributed by atoms with E-state index < -0.39 is 18.5 Å². The Kier molecular flexibility index (Phi) is 5.07. The molecule has 6 nitrogen and oxygen atoms in total. The van der Waals surface area contributed by atoms with E-state index in [0.29, 0.717) is 12.5 Å². The van der Waals surface area contributed by atoms with Crippen LogP contribution in [0.25, 0.3) is 0 Å². The van der Waals surface area contributed by atoms with E-state index in [9.17, 15) is 18.0 Å². The van der Waals surface area contributed by atoms with Crippen LogP contribution in [0.2, 0.25) is 0 Å². The fraction of sp³-hybridized carbons (Fsp3) is 0.800. The summed E-state index contributed by atoms with van der Waals surface area (Å²) in [5, 5.41) is 11.2. The molecule has 1 aliphatic carbocycles. The molecule has 24 heavy (non-hydrogen) atoms. The van der Waals surface area contributed by atoms with Crippen LogP contribution < -0.4 is 5.32 Å². The second-order valence-corrected chi connectivity index (χ2v) is 6.62. The smallest absolute Gasteiger partial charge is 0.337 e. The number of alkyl halides is 3. The summed E-state index contributed by atoms with van der Waals surface area (Å²) in [6.45, 7) is 1.81. The minimum Gasteiger partial charge on any atom is -0.337 e. The molecule has 0 aromatic carbocycles. The van der Waals surface area contributed by atoms with E-state index in [-0.39, 0.29) is 18.3 Å². The molecule has 2 heterocycles. The van der Waals surface area contributed by atoms with Gasteiger partial charge in [0.15, 0.2) is 5.69 Å². The molecule has 0 bridgehead atoms. The predicted octanol–water partition coefficient (Wildman–Crippen LogP) is 2.01. The summed E-state index contributed by atoms with van der Waals surface area (Å²) in [6, 6.07) is 0.187. The summed E-state index contributed by atoms with van der Waals surface area (Å²) in [5.74, 6) is -0.131. The van der Waals surface area contributed by atoms with Crippen molar-refractivity contribution in [1.29, 1.82) is 0 Å². The lowest BCUT2D eigenvalue weighted by molar-refractivity contribution is -0.136. The van der Waals surface area contributed by atoms with Gasteiger partial charge in [0.05, 0.1) is 18.7 Å². The quantitative estimate of drug-likeness (QED) is 0.857. The minimum atomic E-state index is -4.27. The zero-order valence-corrected chi connectivity index (χ0v) is 13.4. The number of amides is 1. The van der Waals surface area contributed by atoms with Crippen LogP contribution in [0.4, 0.5) is 13.2 Å². The van der Waals surface area contributed by atoms with Crippen molar-refractivity contribution < 1.29 is 18.0 Å². The standard InChI is InChI=1S/C15H22F3N5O/c16-15(17,18)5-8-22(9-11-1-2-11)14(24)13-10-23(21-20-13)12-3-6-19-7-4-12/h10-12,19H,1-9H2. The molecule has 0 unspecified atom stereocenters. The van der Waals surface area contributed by atoms with Crippen molar-refractivity contribution in [2.24, 2.45) is 5.92 Å². The average molecular weight is 345 g/mol. The Hall–Kier alpha value is -1.64. The molecule has 1 aromatic rings. The highest BCUT2D eigenvalue weighted by Crippen LogP contribution is 2.31. The molecule has 1 aromatic heterocycles. The number of carbonyl (C=O) groups excluding carboxylic acids is 1. The van der Waals surface area contributed by atoms with E-state index in [0.717, 1.165) is 38.8 Å². The van der Waals surface area contributed by atoms with Crippen molar-refractivity contribution in [1.82, 2.24) is 25.2 Å². The van der Waals surface area contributed by atoms with Gasteiger partial charge >= 0.3 is 6.18 Å². The first kappa shape index (κ1) is 17.2. The van der Waals surface area contributed by atoms with E-state index in [1.54, 1.807) is 10.9 Å². The molecule has 1 saturated heterocycles. The van der Waals surface area contributed by atoms with Gasteiger partial charge in [-0.05, 0) is 44.7 Å². The SMILES string of the molecule is O=C(c1cn(C2CCNCC2)nn1)N(CCC(F)(F)F)CC1CC1. The van der Waals surface area contributed by atoms with Gasteiger partial charge in [0.1, 0.15) is 0 Å². The number of piperidine rings is 1. The van der Waals surface area contributed by atoms with E-state index in [2.05, 4.69) is 15.6 Å². The maximum Gasteiger partial charge on any atom is 0.390 e. The number of hydrogen-bond acceptors (Lipinski definition) is 4. The molecule has 1 saturated carbocycles. The first-order valence-corrected chi connectivity index (χ1v) is 8.41. The Morgan fingerprint density at radius 2 is 2.00 bits per heavy atom. The lowest BCUT2D eigenvalue weighted by atomic mass is 10.1. The van der Waals surface area contributed by atoms with Crippen LogP contribution in [-0.4, -0.2) is 58.2 Å². The highest BCUT2D eigenvalue weighted by Gasteiger charge is 2.33. The molecule has 1 aliphatic heterocycles. The number of carbonyl (C=O) groups is 1. The number of hydrogen-bond donors (Lipinski definition) is 1. The lowest BCUT2D eigenvalue weighted by Crippen LogP contribution is -2.36. The van der Waals surface area contributed by atoms with Crippen LogP contribution >= 0.6 is 0 Å². The number of rotatable bonds is 6. The Morgan fingerprint density at radius 1 is 1.29 bits per heavy atom. The average Bonchev–Trinajstić information content (AvgIpc) is 3.23. The Labute approximate surface area is 138 Å². The van der Waals surface area contributed by atoms with Crippen LogP contribution in [0.5, 0.6) is 0 Å². The fourth-order valence-electron chi connectivity index (χ4n) is 2.94. The van der Waals surface area contributed by atoms with Crippen molar-refractivity contribution in [2.75, 3.05) is 26.2 Å². The number of aromatic nitrogens is 3. The molecule has 0 spiro atoms. The Morgan fingerprint density at radius 3 is 2.62 bits per heavy atom. The third kappa shape index (κ3) is 4.68. The molecule has 134 valence electrons. The van der Waals surface area contributed by atoms with Gasteiger partial charge < -0.3 is 10.2 Å². The van der Waals surface area contributed by atoms with Gasteiger partial charge in [-0.15, -0.1) is 5.10 Å². The maximum atomic E-state index is 12.6. The molecule has 0 atom stereocenters. The summed E-state index contributed by atoms with van der Waals surface area (Å²) in [6.07, 6.45) is 0.0529. The molecular formula is C15H22F3N5O. The fourth-order valence-corrected chi connectivity index (χ4v) is 2.94. The molecule has 1 N–H and O–H groups in total. The van der Waals surface area contributed by atoms with Crippen molar-refractivity contribution in [3.8, 4) is 0 Å². The molecular weight excluding hydrogens is 323 g/mol. The molecule has 0 radical (unpaired) electrons. The van der Waals surface area contributed by atoms with Crippen LogP contribution in [0.3, 0.4) is 0 Å². The van der Waals surface area contributed by atoms with E-state index in [4.69, 9.17) is 0 Å². The van der Waals surface area contributed by atoms with Crippen molar-refractivity contribution in [2.45, 2.75) is 44.3 Å². The third-order valence-electron chi connectivity index (χ3n) is 4.54. The molecule has 2 aliphatic rings. The molecule has 1 amide bonds. The Balaban J connectivity index is 1.65. The minimum absolute atomic E-state index is 0.136. The van der Waals surface area contributed by atoms with Gasteiger partial charge in [0, 0.05) is 13.1 Å². The van der Waals surface area contributed by atoms with Crippen LogP contribution in [0.1, 0.15) is 48.6 Å². The van der Waals surface area contributed by atoms with Gasteiger partial charge in [0.2, 0.25) is 0 Å². The topological polar surface area (TPSA) is 63.1 Å². The summed E-state index contributed by atoms with van der Waals surface area (Å²) in [4.78, 5) is 13.8. The van der Waals surface area contributed by atoms with Crippen molar-refractivity contribution in [3.63, 3.8) is 0 Å². The van der Waals surface area contributed by atoms with Gasteiger partial charge in [-0.1, -0.05) is 5.21 Å². The molecule has 3 rings (SSSR count). The lowest BCUT2D eigenvalue weighted by Gasteiger charge is -2.23. The van der Waals surface area contributed by atoms with E-state index in [1.165, 1.54) is 4.90 Å².